The number of rotatable bonds is 5. The maximum Gasteiger partial charge on any atom is 0.253 e. The third-order valence-electron chi connectivity index (χ3n) is 3.35. The lowest BCUT2D eigenvalue weighted by molar-refractivity contribution is -0.121. The van der Waals surface area contributed by atoms with Gasteiger partial charge in [-0.05, 0) is 19.1 Å². The van der Waals surface area contributed by atoms with Crippen molar-refractivity contribution in [2.75, 3.05) is 0 Å². The minimum absolute atomic E-state index is 0.0556. The molecule has 3 aromatic rings. The van der Waals surface area contributed by atoms with Crippen LogP contribution in [-0.2, 0) is 17.9 Å². The van der Waals surface area contributed by atoms with Gasteiger partial charge in [0.1, 0.15) is 11.6 Å². The normalized spacial score (nSPS) is 10.5. The van der Waals surface area contributed by atoms with E-state index >= 15 is 0 Å². The molecule has 0 atom stereocenters. The van der Waals surface area contributed by atoms with Gasteiger partial charge in [-0.2, -0.15) is 0 Å². The SMILES string of the molecule is Cc1nc(-c2cccnc2)sc1CNC(=O)Cn1cnccc1=O. The molecule has 3 rings (SSSR count). The van der Waals surface area contributed by atoms with E-state index in [0.29, 0.717) is 6.54 Å². The van der Waals surface area contributed by atoms with Crippen molar-refractivity contribution < 1.29 is 4.79 Å². The van der Waals surface area contributed by atoms with Gasteiger partial charge >= 0.3 is 0 Å². The zero-order valence-corrected chi connectivity index (χ0v) is 13.8. The number of aromatic nitrogens is 4. The molecule has 122 valence electrons. The first-order chi connectivity index (χ1) is 11.6. The van der Waals surface area contributed by atoms with Crippen molar-refractivity contribution in [2.24, 2.45) is 0 Å². The molecule has 0 aliphatic rings. The molecule has 24 heavy (non-hydrogen) atoms. The van der Waals surface area contributed by atoms with Crippen molar-refractivity contribution >= 4 is 17.2 Å². The summed E-state index contributed by atoms with van der Waals surface area (Å²) >= 11 is 1.52. The van der Waals surface area contributed by atoms with E-state index in [1.54, 1.807) is 12.4 Å². The zero-order valence-electron chi connectivity index (χ0n) is 13.0. The number of nitrogens with one attached hydrogen (secondary N) is 1. The summed E-state index contributed by atoms with van der Waals surface area (Å²) in [5.74, 6) is -0.249. The van der Waals surface area contributed by atoms with E-state index < -0.39 is 0 Å². The van der Waals surface area contributed by atoms with Crippen LogP contribution in [0.5, 0.6) is 0 Å². The minimum atomic E-state index is -0.256. The van der Waals surface area contributed by atoms with E-state index in [1.165, 1.54) is 34.5 Å². The molecule has 3 aromatic heterocycles. The highest BCUT2D eigenvalue weighted by molar-refractivity contribution is 7.15. The van der Waals surface area contributed by atoms with Gasteiger partial charge in [0, 0.05) is 35.1 Å². The lowest BCUT2D eigenvalue weighted by Gasteiger charge is -2.05. The fourth-order valence-electron chi connectivity index (χ4n) is 2.09. The molecule has 0 aliphatic carbocycles. The maximum absolute atomic E-state index is 12.0. The largest absolute Gasteiger partial charge is 0.350 e. The summed E-state index contributed by atoms with van der Waals surface area (Å²) in [4.78, 5) is 37.0. The molecule has 0 spiro atoms. The molecular formula is C16H15N5O2S. The number of pyridine rings is 1. The van der Waals surface area contributed by atoms with Crippen LogP contribution >= 0.6 is 11.3 Å². The Kier molecular flexibility index (Phi) is 4.76. The molecule has 3 heterocycles. The van der Waals surface area contributed by atoms with E-state index in [-0.39, 0.29) is 18.0 Å². The van der Waals surface area contributed by atoms with Crippen LogP contribution in [0.3, 0.4) is 0 Å². The molecule has 0 saturated heterocycles. The molecule has 8 heteroatoms. The Bertz CT molecular complexity index is 904. The third-order valence-corrected chi connectivity index (χ3v) is 4.56. The lowest BCUT2D eigenvalue weighted by atomic mass is 10.3. The molecule has 1 amide bonds. The molecular weight excluding hydrogens is 326 g/mol. The Labute approximate surface area is 142 Å². The lowest BCUT2D eigenvalue weighted by Crippen LogP contribution is -2.31. The van der Waals surface area contributed by atoms with E-state index in [1.807, 2.05) is 19.1 Å². The van der Waals surface area contributed by atoms with Crippen molar-refractivity contribution in [2.45, 2.75) is 20.0 Å². The van der Waals surface area contributed by atoms with Gasteiger partial charge in [0.05, 0.1) is 18.6 Å². The number of aryl methyl sites for hydroxylation is 1. The molecule has 7 nitrogen and oxygen atoms in total. The van der Waals surface area contributed by atoms with Crippen molar-refractivity contribution in [1.29, 1.82) is 0 Å². The smallest absolute Gasteiger partial charge is 0.253 e. The first kappa shape index (κ1) is 16.0. The topological polar surface area (TPSA) is 89.8 Å². The van der Waals surface area contributed by atoms with Gasteiger partial charge in [-0.25, -0.2) is 9.97 Å². The van der Waals surface area contributed by atoms with Gasteiger partial charge < -0.3 is 5.32 Å². The second-order valence-corrected chi connectivity index (χ2v) is 6.18. The number of thiazole rings is 1. The summed E-state index contributed by atoms with van der Waals surface area (Å²) in [6, 6.07) is 5.13. The fourth-order valence-corrected chi connectivity index (χ4v) is 3.08. The highest BCUT2D eigenvalue weighted by Crippen LogP contribution is 2.27. The average molecular weight is 341 g/mol. The summed E-state index contributed by atoms with van der Waals surface area (Å²) in [6.07, 6.45) is 6.22. The van der Waals surface area contributed by atoms with Gasteiger partial charge in [0.15, 0.2) is 0 Å². The number of nitrogens with zero attached hydrogens (tertiary/aromatic N) is 4. The van der Waals surface area contributed by atoms with Crippen LogP contribution in [-0.4, -0.2) is 25.4 Å². The Balaban J connectivity index is 1.65. The number of carbonyl (C=O) groups is 1. The maximum atomic E-state index is 12.0. The second-order valence-electron chi connectivity index (χ2n) is 5.09. The van der Waals surface area contributed by atoms with Gasteiger partial charge in [-0.1, -0.05) is 0 Å². The fraction of sp³-hybridized carbons (Fsp3) is 0.188. The molecule has 0 saturated carbocycles. The quantitative estimate of drug-likeness (QED) is 0.757. The molecule has 1 N–H and O–H groups in total. The first-order valence-corrected chi connectivity index (χ1v) is 8.09. The summed E-state index contributed by atoms with van der Waals surface area (Å²) in [5, 5.41) is 3.68. The number of hydrogen-bond acceptors (Lipinski definition) is 6. The predicted molar refractivity (Wildman–Crippen MR) is 90.4 cm³/mol. The second kappa shape index (κ2) is 7.14. The van der Waals surface area contributed by atoms with E-state index in [4.69, 9.17) is 0 Å². The van der Waals surface area contributed by atoms with Crippen molar-refractivity contribution in [3.63, 3.8) is 0 Å². The van der Waals surface area contributed by atoms with Crippen molar-refractivity contribution in [3.05, 3.63) is 64.0 Å². The summed E-state index contributed by atoms with van der Waals surface area (Å²) in [6.45, 7) is 2.22. The molecule has 0 aromatic carbocycles. The van der Waals surface area contributed by atoms with Crippen LogP contribution in [0.15, 0.2) is 47.9 Å². The molecule has 0 radical (unpaired) electrons. The minimum Gasteiger partial charge on any atom is -0.350 e. The zero-order chi connectivity index (χ0) is 16.9. The van der Waals surface area contributed by atoms with Crippen molar-refractivity contribution in [3.8, 4) is 10.6 Å². The summed E-state index contributed by atoms with van der Waals surface area (Å²) < 4.78 is 1.26. The number of carbonyl (C=O) groups excluding carboxylic acids is 1. The standard InChI is InChI=1S/C16H15N5O2S/c1-11-13(24-16(20-11)12-3-2-5-17-7-12)8-19-14(22)9-21-10-18-6-4-15(21)23/h2-7,10H,8-9H2,1H3,(H,19,22). The van der Waals surface area contributed by atoms with Gasteiger partial charge in [0.2, 0.25) is 5.91 Å². The van der Waals surface area contributed by atoms with Crippen LogP contribution in [0.2, 0.25) is 0 Å². The molecule has 0 aliphatic heterocycles. The van der Waals surface area contributed by atoms with Gasteiger partial charge in [-0.3, -0.25) is 19.1 Å². The highest BCUT2D eigenvalue weighted by atomic mass is 32.1. The molecule has 0 unspecified atom stereocenters. The third kappa shape index (κ3) is 3.72. The molecule has 0 fully saturated rings. The summed E-state index contributed by atoms with van der Waals surface area (Å²) in [7, 11) is 0. The van der Waals surface area contributed by atoms with Crippen molar-refractivity contribution in [1.82, 2.24) is 24.8 Å². The molecule has 0 bridgehead atoms. The predicted octanol–water partition coefficient (Wildman–Crippen LogP) is 1.39. The van der Waals surface area contributed by atoms with Crippen LogP contribution in [0.4, 0.5) is 0 Å². The summed E-state index contributed by atoms with van der Waals surface area (Å²) in [5.41, 5.74) is 1.57. The van der Waals surface area contributed by atoms with E-state index in [0.717, 1.165) is 21.1 Å². The van der Waals surface area contributed by atoms with Gasteiger partial charge in [0.25, 0.3) is 5.56 Å². The number of hydrogen-bond donors (Lipinski definition) is 1. The average Bonchev–Trinajstić information content (AvgIpc) is 2.97. The van der Waals surface area contributed by atoms with Crippen LogP contribution < -0.4 is 10.9 Å². The Morgan fingerprint density at radius 1 is 1.29 bits per heavy atom. The monoisotopic (exact) mass is 341 g/mol. The highest BCUT2D eigenvalue weighted by Gasteiger charge is 2.11. The number of amides is 1. The van der Waals surface area contributed by atoms with E-state index in [9.17, 15) is 9.59 Å². The first-order valence-electron chi connectivity index (χ1n) is 7.27. The Hall–Kier alpha value is -2.87. The van der Waals surface area contributed by atoms with Crippen LogP contribution in [0.1, 0.15) is 10.6 Å². The van der Waals surface area contributed by atoms with E-state index in [2.05, 4.69) is 20.3 Å². The van der Waals surface area contributed by atoms with Crippen LogP contribution in [0, 0.1) is 6.92 Å². The Morgan fingerprint density at radius 2 is 2.17 bits per heavy atom. The Morgan fingerprint density at radius 3 is 2.92 bits per heavy atom. The van der Waals surface area contributed by atoms with Crippen LogP contribution in [0.25, 0.3) is 10.6 Å². The van der Waals surface area contributed by atoms with Gasteiger partial charge in [-0.15, -0.1) is 11.3 Å².